The number of carbonyl (C=O) groups is 1. The highest BCUT2D eigenvalue weighted by atomic mass is 35.5. The van der Waals surface area contributed by atoms with Crippen LogP contribution in [0.25, 0.3) is 0 Å². The highest BCUT2D eigenvalue weighted by Crippen LogP contribution is 2.32. The molecule has 2 aromatic rings. The Morgan fingerprint density at radius 3 is 2.62 bits per heavy atom. The summed E-state index contributed by atoms with van der Waals surface area (Å²) in [6, 6.07) is 9.07. The average Bonchev–Trinajstić information content (AvgIpc) is 2.46. The van der Waals surface area contributed by atoms with Gasteiger partial charge in [-0.3, -0.25) is 4.79 Å². The smallest absolute Gasteiger partial charge is 0.252 e. The number of nitrogens with two attached hydrogens (primary N) is 1. The van der Waals surface area contributed by atoms with Crippen LogP contribution in [-0.4, -0.2) is 13.0 Å². The number of hydrogen-bond acceptors (Lipinski definition) is 3. The maximum absolute atomic E-state index is 13.7. The summed E-state index contributed by atoms with van der Waals surface area (Å²) >= 11 is 5.93. The summed E-state index contributed by atoms with van der Waals surface area (Å²) < 4.78 is 24.4. The lowest BCUT2D eigenvalue weighted by atomic mass is 10.1. The van der Waals surface area contributed by atoms with Gasteiger partial charge in [0.15, 0.2) is 11.5 Å². The summed E-state index contributed by atoms with van der Waals surface area (Å²) in [6.07, 6.45) is 0. The first-order valence-electron chi connectivity index (χ1n) is 6.07. The molecule has 2 rings (SSSR count). The highest BCUT2D eigenvalue weighted by Gasteiger charge is 2.16. The Morgan fingerprint density at radius 1 is 1.29 bits per heavy atom. The first-order valence-corrected chi connectivity index (χ1v) is 6.45. The third-order valence-electron chi connectivity index (χ3n) is 2.89. The second-order valence-corrected chi connectivity index (χ2v) is 4.60. The molecule has 2 aromatic carbocycles. The van der Waals surface area contributed by atoms with Crippen LogP contribution < -0.4 is 15.2 Å². The molecule has 110 valence electrons. The molecule has 4 nitrogen and oxygen atoms in total. The number of benzene rings is 2. The third-order valence-corrected chi connectivity index (χ3v) is 3.24. The van der Waals surface area contributed by atoms with Gasteiger partial charge in [0.05, 0.1) is 17.7 Å². The Morgan fingerprint density at radius 2 is 2.00 bits per heavy atom. The Bertz CT molecular complexity index is 656. The molecule has 0 aromatic heterocycles. The Kier molecular flexibility index (Phi) is 4.65. The SMILES string of the molecule is COc1cccc(C(N)=O)c1OCc1c(F)cccc1Cl. The van der Waals surface area contributed by atoms with Crippen LogP contribution in [0.4, 0.5) is 4.39 Å². The van der Waals surface area contributed by atoms with Gasteiger partial charge in [-0.15, -0.1) is 0 Å². The van der Waals surface area contributed by atoms with Crippen LogP contribution in [-0.2, 0) is 6.61 Å². The van der Waals surface area contributed by atoms with Gasteiger partial charge in [0.2, 0.25) is 0 Å². The molecular weight excluding hydrogens is 297 g/mol. The van der Waals surface area contributed by atoms with E-state index in [0.29, 0.717) is 5.75 Å². The van der Waals surface area contributed by atoms with Crippen LogP contribution >= 0.6 is 11.6 Å². The molecule has 0 fully saturated rings. The molecule has 0 bridgehead atoms. The molecule has 0 unspecified atom stereocenters. The van der Waals surface area contributed by atoms with Gasteiger partial charge in [0.25, 0.3) is 5.91 Å². The van der Waals surface area contributed by atoms with Crippen LogP contribution in [0.3, 0.4) is 0 Å². The molecule has 0 saturated heterocycles. The highest BCUT2D eigenvalue weighted by molar-refractivity contribution is 6.31. The fourth-order valence-electron chi connectivity index (χ4n) is 1.83. The van der Waals surface area contributed by atoms with E-state index in [1.165, 1.54) is 25.3 Å². The van der Waals surface area contributed by atoms with E-state index in [0.717, 1.165) is 0 Å². The minimum Gasteiger partial charge on any atom is -0.493 e. The van der Waals surface area contributed by atoms with Crippen molar-refractivity contribution in [2.75, 3.05) is 7.11 Å². The number of primary amides is 1. The number of para-hydroxylation sites is 1. The largest absolute Gasteiger partial charge is 0.493 e. The summed E-state index contributed by atoms with van der Waals surface area (Å²) in [6.45, 7) is -0.147. The van der Waals surface area contributed by atoms with Crippen molar-refractivity contribution in [3.8, 4) is 11.5 Å². The predicted molar refractivity (Wildman–Crippen MR) is 77.3 cm³/mol. The van der Waals surface area contributed by atoms with Gasteiger partial charge in [-0.25, -0.2) is 4.39 Å². The zero-order valence-electron chi connectivity index (χ0n) is 11.2. The molecule has 0 heterocycles. The fourth-order valence-corrected chi connectivity index (χ4v) is 2.05. The zero-order chi connectivity index (χ0) is 15.4. The molecule has 0 radical (unpaired) electrons. The van der Waals surface area contributed by atoms with E-state index in [4.69, 9.17) is 26.8 Å². The van der Waals surface area contributed by atoms with Crippen LogP contribution in [0, 0.1) is 5.82 Å². The van der Waals surface area contributed by atoms with Gasteiger partial charge in [-0.1, -0.05) is 23.7 Å². The van der Waals surface area contributed by atoms with Gasteiger partial charge in [0.1, 0.15) is 12.4 Å². The standard InChI is InChI=1S/C15H13ClFNO3/c1-20-13-7-2-4-9(15(18)19)14(13)21-8-10-11(16)5-3-6-12(10)17/h2-7H,8H2,1H3,(H2,18,19). The second-order valence-electron chi connectivity index (χ2n) is 4.19. The Hall–Kier alpha value is -2.27. The maximum atomic E-state index is 13.7. The summed E-state index contributed by atoms with van der Waals surface area (Å²) in [5.41, 5.74) is 5.64. The maximum Gasteiger partial charge on any atom is 0.252 e. The summed E-state index contributed by atoms with van der Waals surface area (Å²) in [4.78, 5) is 11.4. The van der Waals surface area contributed by atoms with Crippen LogP contribution in [0.15, 0.2) is 36.4 Å². The zero-order valence-corrected chi connectivity index (χ0v) is 12.0. The van der Waals surface area contributed by atoms with Crippen molar-refractivity contribution in [3.63, 3.8) is 0 Å². The number of amides is 1. The molecule has 1 amide bonds. The monoisotopic (exact) mass is 309 g/mol. The van der Waals surface area contributed by atoms with Crippen molar-refractivity contribution in [2.45, 2.75) is 6.61 Å². The number of carbonyl (C=O) groups excluding carboxylic acids is 1. The molecule has 0 saturated carbocycles. The van der Waals surface area contributed by atoms with Gasteiger partial charge < -0.3 is 15.2 Å². The first-order chi connectivity index (χ1) is 10.0. The number of rotatable bonds is 5. The van der Waals surface area contributed by atoms with Gasteiger partial charge in [0, 0.05) is 5.56 Å². The molecule has 0 aliphatic heterocycles. The van der Waals surface area contributed by atoms with Gasteiger partial charge in [-0.2, -0.15) is 0 Å². The van der Waals surface area contributed by atoms with Crippen LogP contribution in [0.1, 0.15) is 15.9 Å². The van der Waals surface area contributed by atoms with E-state index in [-0.39, 0.29) is 28.5 Å². The number of hydrogen-bond donors (Lipinski definition) is 1. The Balaban J connectivity index is 2.33. The third kappa shape index (κ3) is 3.25. The first kappa shape index (κ1) is 15.1. The van der Waals surface area contributed by atoms with E-state index in [1.807, 2.05) is 0 Å². The van der Waals surface area contributed by atoms with Crippen molar-refractivity contribution < 1.29 is 18.7 Å². The topological polar surface area (TPSA) is 61.5 Å². The normalized spacial score (nSPS) is 10.2. The fraction of sp³-hybridized carbons (Fsp3) is 0.133. The molecule has 0 aliphatic rings. The van der Waals surface area contributed by atoms with E-state index >= 15 is 0 Å². The van der Waals surface area contributed by atoms with Crippen molar-refractivity contribution >= 4 is 17.5 Å². The minimum atomic E-state index is -0.663. The van der Waals surface area contributed by atoms with Crippen molar-refractivity contribution in [1.82, 2.24) is 0 Å². The molecule has 0 spiro atoms. The van der Waals surface area contributed by atoms with E-state index in [2.05, 4.69) is 0 Å². The van der Waals surface area contributed by atoms with Gasteiger partial charge >= 0.3 is 0 Å². The van der Waals surface area contributed by atoms with E-state index in [1.54, 1.807) is 18.2 Å². The lowest BCUT2D eigenvalue weighted by molar-refractivity contribution is 0.0995. The summed E-state index contributed by atoms with van der Waals surface area (Å²) in [5.74, 6) is -0.660. The van der Waals surface area contributed by atoms with Crippen LogP contribution in [0.2, 0.25) is 5.02 Å². The van der Waals surface area contributed by atoms with Crippen molar-refractivity contribution in [1.29, 1.82) is 0 Å². The molecule has 21 heavy (non-hydrogen) atoms. The molecule has 0 atom stereocenters. The molecular formula is C15H13ClFNO3. The molecule has 6 heteroatoms. The number of ether oxygens (including phenoxy) is 2. The Labute approximate surface area is 126 Å². The number of halogens is 2. The molecule has 0 aliphatic carbocycles. The lowest BCUT2D eigenvalue weighted by Gasteiger charge is -2.14. The van der Waals surface area contributed by atoms with Crippen LogP contribution in [0.5, 0.6) is 11.5 Å². The summed E-state index contributed by atoms with van der Waals surface area (Å²) in [5, 5.41) is 0.241. The average molecular weight is 310 g/mol. The quantitative estimate of drug-likeness (QED) is 0.922. The van der Waals surface area contributed by atoms with Crippen molar-refractivity contribution in [2.24, 2.45) is 5.73 Å². The predicted octanol–water partition coefficient (Wildman–Crippen LogP) is 3.17. The second kappa shape index (κ2) is 6.45. The minimum absolute atomic E-state index is 0.147. The van der Waals surface area contributed by atoms with E-state index in [9.17, 15) is 9.18 Å². The number of methoxy groups -OCH3 is 1. The molecule has 2 N–H and O–H groups in total. The van der Waals surface area contributed by atoms with Gasteiger partial charge in [-0.05, 0) is 24.3 Å². The van der Waals surface area contributed by atoms with Crippen molar-refractivity contribution in [3.05, 3.63) is 58.4 Å². The lowest BCUT2D eigenvalue weighted by Crippen LogP contribution is -2.14. The van der Waals surface area contributed by atoms with E-state index < -0.39 is 11.7 Å². The summed E-state index contributed by atoms with van der Waals surface area (Å²) in [7, 11) is 1.43.